The van der Waals surface area contributed by atoms with Crippen molar-refractivity contribution < 1.29 is 63.2 Å². The largest absolute Gasteiger partial charge is 0.394 e. The molecule has 68 heavy (non-hydrogen) atoms. The Morgan fingerprint density at radius 2 is 1.37 bits per heavy atom. The maximum atomic E-state index is 14.5. The van der Waals surface area contributed by atoms with E-state index in [9.17, 15) is 58.5 Å². The molecule has 6 rings (SSSR count). The molecule has 2 bridgehead atoms. The van der Waals surface area contributed by atoms with Crippen LogP contribution in [-0.2, 0) is 60.7 Å². The van der Waals surface area contributed by atoms with Gasteiger partial charge in [-0.3, -0.25) is 43.2 Å². The van der Waals surface area contributed by atoms with E-state index in [1.54, 1.807) is 68.6 Å². The summed E-state index contributed by atoms with van der Waals surface area (Å²) in [6.07, 6.45) is -7.03. The number of aliphatic hydroxyl groups is 3. The highest BCUT2D eigenvalue weighted by Crippen LogP contribution is 2.23. The Hall–Kier alpha value is -6.75. The number of aromatic nitrogens is 1. The average molecular weight is 946 g/mol. The number of hydrogen-bond donors (Lipinski definition) is 12. The van der Waals surface area contributed by atoms with Gasteiger partial charge in [-0.25, -0.2) is 0 Å². The van der Waals surface area contributed by atoms with Gasteiger partial charge in [0, 0.05) is 55.7 Å². The lowest BCUT2D eigenvalue weighted by Gasteiger charge is -2.42. The molecule has 366 valence electrons. The van der Waals surface area contributed by atoms with Crippen LogP contribution in [0.25, 0.3) is 10.9 Å². The lowest BCUT2D eigenvalue weighted by atomic mass is 9.89. The second-order valence-corrected chi connectivity index (χ2v) is 17.8. The molecule has 4 heterocycles. The Balaban J connectivity index is 1.38. The summed E-state index contributed by atoms with van der Waals surface area (Å²) in [6.45, 7) is 3.40. The quantitative estimate of drug-likeness (QED) is 0.0913. The number of benzene rings is 2. The summed E-state index contributed by atoms with van der Waals surface area (Å²) >= 11 is 0. The first-order valence-corrected chi connectivity index (χ1v) is 22.5. The molecule has 0 aliphatic carbocycles. The normalized spacial score (nSPS) is 28.9. The Morgan fingerprint density at radius 3 is 2.07 bits per heavy atom. The molecule has 22 heteroatoms. The minimum Gasteiger partial charge on any atom is -0.394 e. The number of carbonyl (C=O) groups excluding carboxylic acids is 9. The third kappa shape index (κ3) is 13.0. The van der Waals surface area contributed by atoms with Crippen molar-refractivity contribution in [1.29, 1.82) is 0 Å². The van der Waals surface area contributed by atoms with E-state index in [0.717, 1.165) is 17.8 Å². The number of nitrogens with one attached hydrogen (secondary N) is 9. The fourth-order valence-corrected chi connectivity index (χ4v) is 8.58. The summed E-state index contributed by atoms with van der Waals surface area (Å²) < 4.78 is 5.61. The SMILES string of the molecule is CC(=O)N[C@@H]1[C@@H](O)[C@H](O)[C@@H](CO)O[C@H]1NC(=O)C[C@@H]1NC(=O)[C@H](CC(C)C)CC(=O)[C@@H]2CNC(=O)C[C@H](NC1=O)C(=O)N[C@@H](Cc1c[nH]c3ccccc13)C(=O)N[C@@H](Cc1ccccc1)C(=O)N2. The average Bonchev–Trinajstić information content (AvgIpc) is 3.70. The highest BCUT2D eigenvalue weighted by Gasteiger charge is 2.46. The summed E-state index contributed by atoms with van der Waals surface area (Å²) in [5.41, 5.74) is 1.97. The van der Waals surface area contributed by atoms with Crippen LogP contribution >= 0.6 is 0 Å². The van der Waals surface area contributed by atoms with Crippen molar-refractivity contribution in [3.8, 4) is 0 Å². The predicted octanol–water partition coefficient (Wildman–Crippen LogP) is -3.02. The highest BCUT2D eigenvalue weighted by molar-refractivity contribution is 6.01. The molecule has 2 aromatic carbocycles. The number of ketones is 1. The number of aromatic amines is 1. The molecule has 11 atom stereocenters. The number of para-hydroxylation sites is 1. The molecule has 3 saturated heterocycles. The minimum atomic E-state index is -1.82. The highest BCUT2D eigenvalue weighted by atomic mass is 16.5. The van der Waals surface area contributed by atoms with E-state index in [1.807, 2.05) is 6.07 Å². The molecular weight excluding hydrogens is 887 g/mol. The van der Waals surface area contributed by atoms with Crippen molar-refractivity contribution in [2.24, 2.45) is 11.8 Å². The first-order valence-electron chi connectivity index (χ1n) is 22.5. The summed E-state index contributed by atoms with van der Waals surface area (Å²) in [5, 5.41) is 52.3. The van der Waals surface area contributed by atoms with Crippen molar-refractivity contribution >= 4 is 63.9 Å². The molecule has 3 aliphatic heterocycles. The third-order valence-electron chi connectivity index (χ3n) is 12.1. The van der Waals surface area contributed by atoms with E-state index in [2.05, 4.69) is 47.5 Å². The van der Waals surface area contributed by atoms with Gasteiger partial charge >= 0.3 is 0 Å². The van der Waals surface area contributed by atoms with Gasteiger partial charge in [0.1, 0.15) is 54.6 Å². The van der Waals surface area contributed by atoms with Crippen LogP contribution in [0.2, 0.25) is 0 Å². The first-order chi connectivity index (χ1) is 32.4. The van der Waals surface area contributed by atoms with Crippen LogP contribution in [0.1, 0.15) is 57.6 Å². The van der Waals surface area contributed by atoms with Crippen molar-refractivity contribution in [1.82, 2.24) is 47.5 Å². The molecule has 22 nitrogen and oxygen atoms in total. The molecule has 0 saturated carbocycles. The van der Waals surface area contributed by atoms with Gasteiger partial charge in [0.05, 0.1) is 19.4 Å². The molecule has 0 radical (unpaired) electrons. The van der Waals surface area contributed by atoms with Crippen molar-refractivity contribution in [2.75, 3.05) is 13.2 Å². The second kappa shape index (κ2) is 22.8. The Morgan fingerprint density at radius 1 is 0.735 bits per heavy atom. The third-order valence-corrected chi connectivity index (χ3v) is 12.1. The molecule has 12 N–H and O–H groups in total. The molecule has 3 fully saturated rings. The number of amides is 8. The maximum Gasteiger partial charge on any atom is 0.243 e. The lowest BCUT2D eigenvalue weighted by Crippen LogP contribution is -2.68. The van der Waals surface area contributed by atoms with Gasteiger partial charge in [-0.2, -0.15) is 0 Å². The summed E-state index contributed by atoms with van der Waals surface area (Å²) in [4.78, 5) is 129. The standard InChI is InChI=1S/C46H59N9O13/c1-22(2)13-25-16-34(58)33-20-48-36(59)17-31(53-45(67)32(50-41(25)63)18-37(60)55-46-38(49-23(3)57)40(62)39(61)35(21-56)68-46)44(66)52-30(15-26-19-47-28-12-8-7-11-27(26)28)43(65)51-29(42(64)54-33)14-24-9-5-4-6-10-24/h4-12,19,22,25,29-33,35,38-40,46-47,56,61-62H,13-18,20-21H2,1-3H3,(H,48,59)(H,49,57)(H,50,63)(H,51,65)(H,52,66)(H,53,67)(H,54,64)(H,55,60)/t25-,29+,30+,31+,32+,33+,35-,38-,39-,40-,46-/m1/s1. The molecular formula is C46H59N9O13. The molecule has 8 amide bonds. The predicted molar refractivity (Wildman–Crippen MR) is 240 cm³/mol. The molecule has 3 aliphatic rings. The van der Waals surface area contributed by atoms with Crippen molar-refractivity contribution in [3.05, 3.63) is 71.9 Å². The number of fused-ring (bicyclic) bond motifs is 6. The van der Waals surface area contributed by atoms with Gasteiger partial charge in [0.25, 0.3) is 0 Å². The number of carbonyl (C=O) groups is 9. The Bertz CT molecular complexity index is 2360. The van der Waals surface area contributed by atoms with Crippen LogP contribution in [0.15, 0.2) is 60.8 Å². The van der Waals surface area contributed by atoms with Gasteiger partial charge in [0.2, 0.25) is 47.3 Å². The van der Waals surface area contributed by atoms with Crippen LogP contribution < -0.4 is 42.5 Å². The zero-order valence-corrected chi connectivity index (χ0v) is 37.8. The number of ether oxygens (including phenoxy) is 1. The van der Waals surface area contributed by atoms with Gasteiger partial charge < -0.3 is 67.6 Å². The van der Waals surface area contributed by atoms with E-state index >= 15 is 0 Å². The minimum absolute atomic E-state index is 0.0449. The summed E-state index contributed by atoms with van der Waals surface area (Å²) in [6, 6.07) is 6.73. The molecule has 1 aromatic heterocycles. The first kappa shape index (κ1) is 50.7. The fraction of sp³-hybridized carbons (Fsp3) is 0.500. The van der Waals surface area contributed by atoms with E-state index in [1.165, 1.54) is 0 Å². The molecule has 3 aromatic rings. The Labute approximate surface area is 390 Å². The number of aliphatic hydroxyl groups excluding tert-OH is 3. The zero-order chi connectivity index (χ0) is 49.2. The van der Waals surface area contributed by atoms with Crippen LogP contribution in [0.4, 0.5) is 0 Å². The van der Waals surface area contributed by atoms with Crippen LogP contribution in [-0.4, -0.2) is 147 Å². The van der Waals surface area contributed by atoms with Gasteiger partial charge in [0.15, 0.2) is 12.0 Å². The number of hydrogen-bond acceptors (Lipinski definition) is 13. The van der Waals surface area contributed by atoms with Crippen LogP contribution in [0, 0.1) is 11.8 Å². The van der Waals surface area contributed by atoms with Crippen molar-refractivity contribution in [3.63, 3.8) is 0 Å². The number of H-pyrrole nitrogens is 1. The maximum absolute atomic E-state index is 14.5. The number of rotatable bonds is 11. The zero-order valence-electron chi connectivity index (χ0n) is 37.8. The topological polar surface area (TPSA) is 336 Å². The summed E-state index contributed by atoms with van der Waals surface area (Å²) in [7, 11) is 0. The van der Waals surface area contributed by atoms with Gasteiger partial charge in [-0.1, -0.05) is 62.4 Å². The van der Waals surface area contributed by atoms with E-state index in [0.29, 0.717) is 11.1 Å². The van der Waals surface area contributed by atoms with Crippen LogP contribution in [0.5, 0.6) is 0 Å². The van der Waals surface area contributed by atoms with Crippen LogP contribution in [0.3, 0.4) is 0 Å². The van der Waals surface area contributed by atoms with E-state index in [4.69, 9.17) is 4.74 Å². The second-order valence-electron chi connectivity index (χ2n) is 17.8. The molecule has 0 unspecified atom stereocenters. The fourth-order valence-electron chi connectivity index (χ4n) is 8.58. The number of Topliss-reactive ketones (excluding diaryl/α,β-unsaturated/α-hetero) is 1. The van der Waals surface area contributed by atoms with Gasteiger partial charge in [-0.05, 0) is 29.5 Å². The van der Waals surface area contributed by atoms with Gasteiger partial charge in [-0.15, -0.1) is 0 Å². The Kier molecular flexibility index (Phi) is 17.0. The smallest absolute Gasteiger partial charge is 0.243 e. The lowest BCUT2D eigenvalue weighted by molar-refractivity contribution is -0.203. The van der Waals surface area contributed by atoms with E-state index < -0.39 is 152 Å². The summed E-state index contributed by atoms with van der Waals surface area (Å²) in [5.74, 6) is -9.19. The van der Waals surface area contributed by atoms with Crippen molar-refractivity contribution in [2.45, 2.75) is 120 Å². The molecule has 0 spiro atoms. The monoisotopic (exact) mass is 945 g/mol. The van der Waals surface area contributed by atoms with E-state index in [-0.39, 0.29) is 25.2 Å².